The molecule has 2 aromatic rings. The molecule has 0 radical (unpaired) electrons. The lowest BCUT2D eigenvalue weighted by Gasteiger charge is -2.23. The van der Waals surface area contributed by atoms with E-state index < -0.39 is 11.9 Å². The summed E-state index contributed by atoms with van der Waals surface area (Å²) >= 11 is 0. The van der Waals surface area contributed by atoms with Crippen LogP contribution in [0.25, 0.3) is 11.1 Å². The number of pyridine rings is 1. The van der Waals surface area contributed by atoms with Gasteiger partial charge in [-0.2, -0.15) is 13.2 Å². The first-order valence-corrected chi connectivity index (χ1v) is 10.8. The zero-order chi connectivity index (χ0) is 23.2. The molecule has 0 fully saturated rings. The van der Waals surface area contributed by atoms with Gasteiger partial charge in [0.1, 0.15) is 11.4 Å². The minimum absolute atomic E-state index is 0.0748. The van der Waals surface area contributed by atoms with E-state index in [9.17, 15) is 18.3 Å². The third-order valence-corrected chi connectivity index (χ3v) is 5.46. The van der Waals surface area contributed by atoms with Crippen molar-refractivity contribution < 1.29 is 18.3 Å². The molecule has 0 unspecified atom stereocenters. The highest BCUT2D eigenvalue weighted by Crippen LogP contribution is 2.38. The van der Waals surface area contributed by atoms with Crippen LogP contribution in [-0.2, 0) is 18.1 Å². The van der Waals surface area contributed by atoms with Gasteiger partial charge in [0.05, 0.1) is 0 Å². The van der Waals surface area contributed by atoms with E-state index in [-0.39, 0.29) is 11.2 Å². The van der Waals surface area contributed by atoms with Crippen LogP contribution in [0.3, 0.4) is 0 Å². The summed E-state index contributed by atoms with van der Waals surface area (Å²) in [5.41, 5.74) is 1.55. The molecule has 0 aliphatic heterocycles. The standard InChI is InChI=1S/C24H34F3N3O/c1-6-30(7-2)12-8-11-28-15-18-13-19(23(3,4)5)14-20(22(18)31)17-9-10-21(29-16-17)24(25,26)27/h9-10,13-14,16,28,31H,6-8,11-12,15H2,1-5H3. The van der Waals surface area contributed by atoms with Crippen molar-refractivity contribution >= 4 is 0 Å². The molecule has 0 saturated heterocycles. The van der Waals surface area contributed by atoms with Gasteiger partial charge in [-0.15, -0.1) is 0 Å². The average molecular weight is 438 g/mol. The van der Waals surface area contributed by atoms with Crippen molar-refractivity contribution in [3.63, 3.8) is 0 Å². The highest BCUT2D eigenvalue weighted by atomic mass is 19.4. The van der Waals surface area contributed by atoms with Crippen LogP contribution in [-0.4, -0.2) is 41.2 Å². The maximum Gasteiger partial charge on any atom is 0.433 e. The van der Waals surface area contributed by atoms with Crippen LogP contribution >= 0.6 is 0 Å². The van der Waals surface area contributed by atoms with E-state index in [1.54, 1.807) is 0 Å². The number of alkyl halides is 3. The van der Waals surface area contributed by atoms with Gasteiger partial charge >= 0.3 is 6.18 Å². The first-order valence-electron chi connectivity index (χ1n) is 10.8. The molecule has 7 heteroatoms. The molecule has 1 aromatic heterocycles. The number of aromatic nitrogens is 1. The van der Waals surface area contributed by atoms with Crippen LogP contribution in [0.15, 0.2) is 30.5 Å². The smallest absolute Gasteiger partial charge is 0.433 e. The second kappa shape index (κ2) is 10.5. The quantitative estimate of drug-likeness (QED) is 0.502. The van der Waals surface area contributed by atoms with E-state index in [1.165, 1.54) is 12.3 Å². The summed E-state index contributed by atoms with van der Waals surface area (Å²) in [5.74, 6) is 0.0748. The number of rotatable bonds is 9. The van der Waals surface area contributed by atoms with Gasteiger partial charge in [-0.1, -0.05) is 46.8 Å². The second-order valence-corrected chi connectivity index (χ2v) is 8.77. The first-order chi connectivity index (χ1) is 14.5. The number of halogens is 3. The van der Waals surface area contributed by atoms with E-state index in [0.717, 1.165) is 49.8 Å². The summed E-state index contributed by atoms with van der Waals surface area (Å²) in [7, 11) is 0. The molecule has 1 heterocycles. The molecular formula is C24H34F3N3O. The fourth-order valence-corrected chi connectivity index (χ4v) is 3.39. The van der Waals surface area contributed by atoms with E-state index >= 15 is 0 Å². The van der Waals surface area contributed by atoms with Gasteiger partial charge in [-0.25, -0.2) is 0 Å². The predicted molar refractivity (Wildman–Crippen MR) is 119 cm³/mol. The zero-order valence-corrected chi connectivity index (χ0v) is 19.1. The van der Waals surface area contributed by atoms with Crippen LogP contribution in [0.2, 0.25) is 0 Å². The Morgan fingerprint density at radius 1 is 1.06 bits per heavy atom. The van der Waals surface area contributed by atoms with E-state index in [0.29, 0.717) is 17.7 Å². The lowest BCUT2D eigenvalue weighted by Crippen LogP contribution is -2.27. The van der Waals surface area contributed by atoms with Gasteiger partial charge in [0.2, 0.25) is 0 Å². The largest absolute Gasteiger partial charge is 0.507 e. The molecule has 31 heavy (non-hydrogen) atoms. The zero-order valence-electron chi connectivity index (χ0n) is 19.1. The second-order valence-electron chi connectivity index (χ2n) is 8.77. The Balaban J connectivity index is 2.25. The summed E-state index contributed by atoms with van der Waals surface area (Å²) in [6.45, 7) is 14.8. The molecule has 1 aromatic carbocycles. The number of nitrogens with zero attached hydrogens (tertiary/aromatic N) is 2. The molecule has 2 N–H and O–H groups in total. The van der Waals surface area contributed by atoms with Gasteiger partial charge in [-0.05, 0) is 55.7 Å². The molecule has 2 rings (SSSR count). The van der Waals surface area contributed by atoms with Crippen LogP contribution < -0.4 is 5.32 Å². The van der Waals surface area contributed by atoms with E-state index in [1.807, 2.05) is 12.1 Å². The number of benzene rings is 1. The molecule has 172 valence electrons. The van der Waals surface area contributed by atoms with Crippen LogP contribution in [0.4, 0.5) is 13.2 Å². The van der Waals surface area contributed by atoms with Gasteiger partial charge in [0.15, 0.2) is 0 Å². The molecule has 0 aliphatic carbocycles. The van der Waals surface area contributed by atoms with Crippen LogP contribution in [0.1, 0.15) is 57.9 Å². The van der Waals surface area contributed by atoms with Crippen molar-refractivity contribution in [2.24, 2.45) is 0 Å². The molecule has 0 amide bonds. The summed E-state index contributed by atoms with van der Waals surface area (Å²) < 4.78 is 38.6. The highest BCUT2D eigenvalue weighted by molar-refractivity contribution is 5.72. The Kier molecular flexibility index (Phi) is 8.49. The number of hydrogen-bond acceptors (Lipinski definition) is 4. The van der Waals surface area contributed by atoms with Crippen molar-refractivity contribution in [1.82, 2.24) is 15.2 Å². The van der Waals surface area contributed by atoms with Crippen molar-refractivity contribution in [2.75, 3.05) is 26.2 Å². The van der Waals surface area contributed by atoms with Gasteiger partial charge in [0, 0.05) is 29.4 Å². The van der Waals surface area contributed by atoms with Gasteiger partial charge in [0.25, 0.3) is 0 Å². The summed E-state index contributed by atoms with van der Waals surface area (Å²) in [6.07, 6.45) is -2.32. The minimum Gasteiger partial charge on any atom is -0.507 e. The lowest BCUT2D eigenvalue weighted by atomic mass is 9.84. The highest BCUT2D eigenvalue weighted by Gasteiger charge is 2.32. The topological polar surface area (TPSA) is 48.4 Å². The molecule has 0 atom stereocenters. The Morgan fingerprint density at radius 2 is 1.74 bits per heavy atom. The molecule has 4 nitrogen and oxygen atoms in total. The molecule has 0 spiro atoms. The van der Waals surface area contributed by atoms with Gasteiger partial charge in [-0.3, -0.25) is 4.98 Å². The maximum atomic E-state index is 12.9. The van der Waals surface area contributed by atoms with Gasteiger partial charge < -0.3 is 15.3 Å². The number of nitrogens with one attached hydrogen (secondary N) is 1. The number of hydrogen-bond donors (Lipinski definition) is 2. The monoisotopic (exact) mass is 437 g/mol. The Morgan fingerprint density at radius 3 is 2.26 bits per heavy atom. The van der Waals surface area contributed by atoms with E-state index in [2.05, 4.69) is 49.8 Å². The Labute approximate surface area is 183 Å². The molecule has 0 aliphatic rings. The molecular weight excluding hydrogens is 403 g/mol. The number of aromatic hydroxyl groups is 1. The molecule has 0 bridgehead atoms. The molecule has 0 saturated carbocycles. The fourth-order valence-electron chi connectivity index (χ4n) is 3.39. The van der Waals surface area contributed by atoms with Crippen molar-refractivity contribution in [2.45, 2.75) is 59.2 Å². The van der Waals surface area contributed by atoms with Crippen molar-refractivity contribution in [3.05, 3.63) is 47.3 Å². The Hall–Kier alpha value is -2.12. The van der Waals surface area contributed by atoms with Crippen molar-refractivity contribution in [1.29, 1.82) is 0 Å². The number of phenols is 1. The van der Waals surface area contributed by atoms with Crippen LogP contribution in [0, 0.1) is 0 Å². The number of phenolic OH excluding ortho intramolecular Hbond substituents is 1. The summed E-state index contributed by atoms with van der Waals surface area (Å²) in [6, 6.07) is 6.11. The Bertz CT molecular complexity index is 839. The minimum atomic E-state index is -4.49. The maximum absolute atomic E-state index is 12.9. The fraction of sp³-hybridized carbons (Fsp3) is 0.542. The summed E-state index contributed by atoms with van der Waals surface area (Å²) in [4.78, 5) is 5.91. The average Bonchev–Trinajstić information content (AvgIpc) is 2.70. The summed E-state index contributed by atoms with van der Waals surface area (Å²) in [5, 5.41) is 14.3. The first kappa shape index (κ1) is 25.1. The normalized spacial score (nSPS) is 12.5. The van der Waals surface area contributed by atoms with Crippen LogP contribution in [0.5, 0.6) is 5.75 Å². The third kappa shape index (κ3) is 6.94. The van der Waals surface area contributed by atoms with Crippen molar-refractivity contribution in [3.8, 4) is 16.9 Å². The third-order valence-electron chi connectivity index (χ3n) is 5.46. The predicted octanol–water partition coefficient (Wildman–Crippen LogP) is 5.59. The van der Waals surface area contributed by atoms with E-state index in [4.69, 9.17) is 0 Å². The SMILES string of the molecule is CCN(CC)CCCNCc1cc(C(C)(C)C)cc(-c2ccc(C(F)(F)F)nc2)c1O. The lowest BCUT2D eigenvalue weighted by molar-refractivity contribution is -0.141.